The van der Waals surface area contributed by atoms with Crippen molar-refractivity contribution in [1.29, 1.82) is 0 Å². The number of hydrogen-bond acceptors (Lipinski definition) is 5. The Labute approximate surface area is 181 Å². The second kappa shape index (κ2) is 6.07. The number of anilines is 1. The van der Waals surface area contributed by atoms with Crippen LogP contribution < -0.4 is 9.77 Å². The maximum absolute atomic E-state index is 13.4. The molecule has 2 saturated carbocycles. The fourth-order valence-electron chi connectivity index (χ4n) is 6.74. The summed E-state index contributed by atoms with van der Waals surface area (Å²) in [4.78, 5) is 44.3. The van der Waals surface area contributed by atoms with Crippen LogP contribution in [0.15, 0.2) is 34.1 Å². The number of halogens is 1. The Balaban J connectivity index is 1.43. The fraction of sp³-hybridized carbons (Fsp3) is 0.500. The van der Waals surface area contributed by atoms with Crippen LogP contribution in [0.1, 0.15) is 31.6 Å². The summed E-state index contributed by atoms with van der Waals surface area (Å²) in [7, 11) is 0. The molecule has 30 heavy (non-hydrogen) atoms. The normalized spacial score (nSPS) is 38.7. The third kappa shape index (κ3) is 2.16. The van der Waals surface area contributed by atoms with E-state index in [1.807, 2.05) is 0 Å². The van der Waals surface area contributed by atoms with Gasteiger partial charge in [0, 0.05) is 15.5 Å². The van der Waals surface area contributed by atoms with Crippen LogP contribution in [0.5, 0.6) is 0 Å². The molecule has 5 nitrogen and oxygen atoms in total. The predicted octanol–water partition coefficient (Wildman–Crippen LogP) is 3.79. The Morgan fingerprint density at radius 1 is 1.13 bits per heavy atom. The summed E-state index contributed by atoms with van der Waals surface area (Å²) in [6, 6.07) is 5.59. The van der Waals surface area contributed by atoms with Gasteiger partial charge in [-0.3, -0.25) is 19.3 Å². The minimum Gasteiger partial charge on any atom is -0.307 e. The zero-order valence-corrected chi connectivity index (χ0v) is 18.2. The van der Waals surface area contributed by atoms with Crippen molar-refractivity contribution in [2.75, 3.05) is 4.90 Å². The number of imide groups is 1. The lowest BCUT2D eigenvalue weighted by atomic mass is 9.62. The first-order chi connectivity index (χ1) is 14.3. The van der Waals surface area contributed by atoms with Gasteiger partial charge in [-0.05, 0) is 54.9 Å². The molecule has 7 atom stereocenters. The van der Waals surface area contributed by atoms with E-state index in [0.717, 1.165) is 22.7 Å². The first kappa shape index (κ1) is 18.8. The molecule has 3 heterocycles. The Morgan fingerprint density at radius 3 is 2.47 bits per heavy atom. The third-order valence-electron chi connectivity index (χ3n) is 8.05. The summed E-state index contributed by atoms with van der Waals surface area (Å²) in [6.07, 6.45) is 1.78. The molecule has 6 rings (SSSR count). The predicted molar refractivity (Wildman–Crippen MR) is 113 cm³/mol. The number of amides is 2. The molecule has 2 bridgehead atoms. The molecule has 0 spiro atoms. The van der Waals surface area contributed by atoms with Gasteiger partial charge in [0.1, 0.15) is 5.82 Å². The lowest BCUT2D eigenvalue weighted by Gasteiger charge is -2.48. The van der Waals surface area contributed by atoms with Gasteiger partial charge in [0.05, 0.1) is 22.5 Å². The minimum atomic E-state index is -0.389. The van der Waals surface area contributed by atoms with E-state index in [-0.39, 0.29) is 62.8 Å². The van der Waals surface area contributed by atoms with E-state index >= 15 is 0 Å². The number of aromatic amines is 1. The van der Waals surface area contributed by atoms with Crippen molar-refractivity contribution >= 4 is 40.6 Å². The number of thiazole rings is 1. The third-order valence-corrected chi connectivity index (χ3v) is 10.8. The van der Waals surface area contributed by atoms with Crippen LogP contribution in [0.2, 0.25) is 0 Å². The molecular weight excluding hydrogens is 423 g/mol. The van der Waals surface area contributed by atoms with Crippen molar-refractivity contribution in [1.82, 2.24) is 4.98 Å². The number of H-pyrrole nitrogens is 1. The summed E-state index contributed by atoms with van der Waals surface area (Å²) in [5.41, 5.74) is 0.282. The topological polar surface area (TPSA) is 70.2 Å². The van der Waals surface area contributed by atoms with Gasteiger partial charge in [0.15, 0.2) is 0 Å². The number of fused-ring (bicyclic) bond motifs is 9. The minimum absolute atomic E-state index is 0.0330. The first-order valence-electron chi connectivity index (χ1n) is 10.4. The van der Waals surface area contributed by atoms with E-state index in [0.29, 0.717) is 5.69 Å². The summed E-state index contributed by atoms with van der Waals surface area (Å²) < 4.78 is 13.4. The van der Waals surface area contributed by atoms with Gasteiger partial charge in [-0.25, -0.2) is 4.39 Å². The summed E-state index contributed by atoms with van der Waals surface area (Å²) >= 11 is 3.00. The Kier molecular flexibility index (Phi) is 3.80. The van der Waals surface area contributed by atoms with Gasteiger partial charge in [0.2, 0.25) is 11.8 Å². The van der Waals surface area contributed by atoms with E-state index in [9.17, 15) is 18.8 Å². The highest BCUT2D eigenvalue weighted by molar-refractivity contribution is 8.00. The summed E-state index contributed by atoms with van der Waals surface area (Å²) in [6.45, 7) is 4.37. The number of carbonyl (C=O) groups excluding carboxylic acids is 2. The van der Waals surface area contributed by atoms with Crippen LogP contribution >= 0.6 is 23.1 Å². The first-order valence-corrected chi connectivity index (χ1v) is 12.1. The van der Waals surface area contributed by atoms with Crippen LogP contribution in [0.25, 0.3) is 0 Å². The highest BCUT2D eigenvalue weighted by Gasteiger charge is 2.71. The molecule has 8 heteroatoms. The molecule has 156 valence electrons. The number of aromatic nitrogens is 1. The molecule has 0 radical (unpaired) electrons. The number of rotatable bonds is 2. The number of benzene rings is 1. The molecule has 2 aliphatic heterocycles. The standard InChI is InChI=1S/C22H21FN2O3S2/c1-3-22(2)15-11-8-12(16(15)29-18-17(22)30-21(28)24-18)14-13(11)19(26)25(20(14)27)10-6-4-9(23)5-7-10/h4-7,11-16H,3,8H2,1-2H3,(H,24,28)/t11-,12-,13+,14-,15-,16-,22-/m0/s1. The monoisotopic (exact) mass is 444 g/mol. The zero-order chi connectivity index (χ0) is 20.9. The number of nitrogens with one attached hydrogen (secondary N) is 1. The number of nitrogens with zero attached hydrogens (tertiary/aromatic N) is 1. The van der Waals surface area contributed by atoms with Crippen LogP contribution in [0.4, 0.5) is 10.1 Å². The Bertz CT molecular complexity index is 1140. The second-order valence-electron chi connectivity index (χ2n) is 9.16. The maximum Gasteiger partial charge on any atom is 0.305 e. The average molecular weight is 445 g/mol. The van der Waals surface area contributed by atoms with Crippen molar-refractivity contribution in [2.24, 2.45) is 29.6 Å². The molecule has 0 unspecified atom stereocenters. The van der Waals surface area contributed by atoms with E-state index in [2.05, 4.69) is 18.8 Å². The molecule has 1 aromatic carbocycles. The van der Waals surface area contributed by atoms with Crippen LogP contribution in [-0.4, -0.2) is 22.0 Å². The second-order valence-corrected chi connectivity index (χ2v) is 11.3. The van der Waals surface area contributed by atoms with Gasteiger partial charge in [-0.2, -0.15) is 0 Å². The molecule has 2 aliphatic carbocycles. The maximum atomic E-state index is 13.4. The number of thioether (sulfide) groups is 1. The molecule has 2 aromatic rings. The molecule has 4 aliphatic rings. The van der Waals surface area contributed by atoms with E-state index in [1.54, 1.807) is 11.8 Å². The molecule has 2 amide bonds. The van der Waals surface area contributed by atoms with Crippen molar-refractivity contribution in [2.45, 2.75) is 42.4 Å². The molecule has 1 aromatic heterocycles. The number of hydrogen-bond donors (Lipinski definition) is 1. The molecule has 1 saturated heterocycles. The van der Waals surface area contributed by atoms with E-state index in [1.165, 1.54) is 40.5 Å². The van der Waals surface area contributed by atoms with E-state index < -0.39 is 0 Å². The fourth-order valence-corrected chi connectivity index (χ4v) is 9.93. The van der Waals surface area contributed by atoms with Gasteiger partial charge in [-0.1, -0.05) is 25.2 Å². The number of carbonyl (C=O) groups is 2. The largest absolute Gasteiger partial charge is 0.307 e. The Morgan fingerprint density at radius 2 is 1.80 bits per heavy atom. The highest BCUT2D eigenvalue weighted by Crippen LogP contribution is 2.69. The smallest absolute Gasteiger partial charge is 0.305 e. The van der Waals surface area contributed by atoms with Crippen LogP contribution in [0, 0.1) is 35.4 Å². The van der Waals surface area contributed by atoms with Gasteiger partial charge in [0.25, 0.3) is 0 Å². The SMILES string of the molecule is CC[C@]1(C)c2sc(=O)[nH]c2S[C@H]2[C@H]3C[C@@H]([C@H]4C(=O)N(c5ccc(F)cc5)C(=O)[C@@H]34)[C@@H]21. The molecule has 1 N–H and O–H groups in total. The highest BCUT2D eigenvalue weighted by atomic mass is 32.2. The average Bonchev–Trinajstić information content (AvgIpc) is 3.44. The lowest BCUT2D eigenvalue weighted by Crippen LogP contribution is -2.49. The van der Waals surface area contributed by atoms with Gasteiger partial charge >= 0.3 is 4.87 Å². The quantitative estimate of drug-likeness (QED) is 0.716. The van der Waals surface area contributed by atoms with Gasteiger partial charge in [-0.15, -0.1) is 11.8 Å². The lowest BCUT2D eigenvalue weighted by molar-refractivity contribution is -0.123. The van der Waals surface area contributed by atoms with Crippen LogP contribution in [-0.2, 0) is 15.0 Å². The van der Waals surface area contributed by atoms with Crippen molar-refractivity contribution in [3.8, 4) is 0 Å². The van der Waals surface area contributed by atoms with Gasteiger partial charge < -0.3 is 4.98 Å². The van der Waals surface area contributed by atoms with Crippen LogP contribution in [0.3, 0.4) is 0 Å². The summed E-state index contributed by atoms with van der Waals surface area (Å²) in [5.74, 6) is -0.770. The molecular formula is C22H21FN2O3S2. The van der Waals surface area contributed by atoms with Crippen molar-refractivity contribution < 1.29 is 14.0 Å². The zero-order valence-electron chi connectivity index (χ0n) is 16.6. The van der Waals surface area contributed by atoms with E-state index in [4.69, 9.17) is 0 Å². The van der Waals surface area contributed by atoms with Crippen molar-refractivity contribution in [3.63, 3.8) is 0 Å². The van der Waals surface area contributed by atoms with Crippen molar-refractivity contribution in [3.05, 3.63) is 44.6 Å². The Hall–Kier alpha value is -1.93. The molecule has 3 fully saturated rings. The summed E-state index contributed by atoms with van der Waals surface area (Å²) in [5, 5.41) is 1.18.